The summed E-state index contributed by atoms with van der Waals surface area (Å²) in [5.74, 6) is -0.280. The molecule has 0 atom stereocenters. The third-order valence-corrected chi connectivity index (χ3v) is 6.22. The first-order chi connectivity index (χ1) is 14.3. The van der Waals surface area contributed by atoms with Gasteiger partial charge in [-0.3, -0.25) is 0 Å². The highest BCUT2D eigenvalue weighted by Gasteiger charge is 2.48. The molecule has 1 saturated heterocycles. The number of allylic oxidation sites excluding steroid dienone is 1. The quantitative estimate of drug-likeness (QED) is 0.629. The number of rotatable bonds is 4. The molecule has 4 nitrogen and oxygen atoms in total. The summed E-state index contributed by atoms with van der Waals surface area (Å²) in [6.45, 7) is 9.95. The number of benzene rings is 2. The molecular weight excluding hydrogens is 375 g/mol. The third kappa shape index (κ3) is 2.93. The molecule has 0 radical (unpaired) electrons. The van der Waals surface area contributed by atoms with Gasteiger partial charge in [-0.25, -0.2) is 9.07 Å². The molecule has 3 aromatic rings. The fourth-order valence-electron chi connectivity index (χ4n) is 4.64. The number of hydrogen-bond donors (Lipinski definition) is 1. The van der Waals surface area contributed by atoms with E-state index in [1.807, 2.05) is 19.1 Å². The molecule has 5 rings (SSSR count). The van der Waals surface area contributed by atoms with E-state index in [1.165, 1.54) is 17.2 Å². The van der Waals surface area contributed by atoms with Crippen LogP contribution in [0.5, 0.6) is 0 Å². The van der Waals surface area contributed by atoms with Crippen LogP contribution in [0.15, 0.2) is 61.2 Å². The molecule has 0 bridgehead atoms. The van der Waals surface area contributed by atoms with Crippen molar-refractivity contribution >= 4 is 17.0 Å². The lowest BCUT2D eigenvalue weighted by atomic mass is 9.64. The topological polar surface area (TPSA) is 47.1 Å². The number of anilines is 1. The number of nitrogen functional groups attached to an aromatic ring is 1. The number of aryl methyl sites for hydroxylation is 2. The van der Waals surface area contributed by atoms with E-state index in [4.69, 9.17) is 10.8 Å². The van der Waals surface area contributed by atoms with E-state index in [9.17, 15) is 4.39 Å². The first kappa shape index (κ1) is 18.7. The number of nitrogens with zero attached hydrogens (tertiary/aromatic N) is 3. The van der Waals surface area contributed by atoms with Crippen molar-refractivity contribution < 1.29 is 4.39 Å². The van der Waals surface area contributed by atoms with E-state index >= 15 is 0 Å². The van der Waals surface area contributed by atoms with Gasteiger partial charge >= 0.3 is 0 Å². The van der Waals surface area contributed by atoms with Crippen LogP contribution in [0.4, 0.5) is 10.1 Å². The lowest BCUT2D eigenvalue weighted by molar-refractivity contribution is 0.0900. The molecule has 2 aliphatic rings. The highest BCUT2D eigenvalue weighted by atomic mass is 19.1. The number of aromatic nitrogens is 2. The maximum atomic E-state index is 14.2. The largest absolute Gasteiger partial charge is 0.399 e. The average molecular weight is 401 g/mol. The normalized spacial score (nSPS) is 16.8. The molecule has 0 unspecified atom stereocenters. The van der Waals surface area contributed by atoms with Gasteiger partial charge in [-0.15, -0.1) is 0 Å². The van der Waals surface area contributed by atoms with E-state index in [2.05, 4.69) is 47.4 Å². The number of hydrogen-bond acceptors (Lipinski definition) is 3. The molecule has 1 aliphatic heterocycles. The molecule has 0 amide bonds. The van der Waals surface area contributed by atoms with Crippen molar-refractivity contribution in [1.82, 2.24) is 14.7 Å². The van der Waals surface area contributed by atoms with Crippen LogP contribution in [-0.2, 0) is 0 Å². The SMILES string of the molecule is C=C(c1cc(N)ccc1F)N1CC2(C=C(c3cc(C)nn3-c3ccccc3C)C2)C1. The summed E-state index contributed by atoms with van der Waals surface area (Å²) in [6, 6.07) is 15.1. The third-order valence-electron chi connectivity index (χ3n) is 6.22. The minimum Gasteiger partial charge on any atom is -0.399 e. The zero-order chi connectivity index (χ0) is 21.0. The molecule has 1 aliphatic carbocycles. The Hall–Kier alpha value is -3.34. The Morgan fingerprint density at radius 3 is 2.60 bits per heavy atom. The molecule has 1 fully saturated rings. The summed E-state index contributed by atoms with van der Waals surface area (Å²) in [5, 5.41) is 4.73. The molecule has 30 heavy (non-hydrogen) atoms. The van der Waals surface area contributed by atoms with Crippen LogP contribution < -0.4 is 5.73 Å². The zero-order valence-electron chi connectivity index (χ0n) is 17.3. The van der Waals surface area contributed by atoms with Gasteiger partial charge in [0.15, 0.2) is 0 Å². The highest BCUT2D eigenvalue weighted by molar-refractivity contribution is 5.74. The van der Waals surface area contributed by atoms with Crippen molar-refractivity contribution in [1.29, 1.82) is 0 Å². The second kappa shape index (κ2) is 6.59. The molecule has 1 spiro atoms. The van der Waals surface area contributed by atoms with Gasteiger partial charge in [0.2, 0.25) is 0 Å². The number of nitrogens with two attached hydrogens (primary N) is 1. The van der Waals surface area contributed by atoms with Crippen LogP contribution in [0.25, 0.3) is 17.0 Å². The highest BCUT2D eigenvalue weighted by Crippen LogP contribution is 2.52. The monoisotopic (exact) mass is 400 g/mol. The van der Waals surface area contributed by atoms with Crippen LogP contribution >= 0.6 is 0 Å². The molecule has 2 N–H and O–H groups in total. The molecule has 152 valence electrons. The van der Waals surface area contributed by atoms with Gasteiger partial charge in [-0.2, -0.15) is 5.10 Å². The van der Waals surface area contributed by atoms with Crippen LogP contribution in [0.2, 0.25) is 0 Å². The number of para-hydroxylation sites is 1. The van der Waals surface area contributed by atoms with Crippen molar-refractivity contribution in [3.8, 4) is 5.69 Å². The summed E-state index contributed by atoms with van der Waals surface area (Å²) in [7, 11) is 0. The van der Waals surface area contributed by atoms with E-state index < -0.39 is 0 Å². The van der Waals surface area contributed by atoms with Crippen LogP contribution in [0, 0.1) is 25.1 Å². The minimum atomic E-state index is -0.280. The van der Waals surface area contributed by atoms with Gasteiger partial charge in [0.1, 0.15) is 5.82 Å². The maximum Gasteiger partial charge on any atom is 0.132 e. The van der Waals surface area contributed by atoms with Gasteiger partial charge in [-0.1, -0.05) is 30.9 Å². The van der Waals surface area contributed by atoms with Crippen molar-refractivity contribution in [2.24, 2.45) is 5.41 Å². The fourth-order valence-corrected chi connectivity index (χ4v) is 4.64. The Balaban J connectivity index is 1.35. The predicted molar refractivity (Wildman–Crippen MR) is 119 cm³/mol. The van der Waals surface area contributed by atoms with Crippen molar-refractivity contribution in [3.63, 3.8) is 0 Å². The summed E-state index contributed by atoms with van der Waals surface area (Å²) < 4.78 is 16.2. The second-order valence-electron chi connectivity index (χ2n) is 8.62. The van der Waals surface area contributed by atoms with E-state index in [0.717, 1.165) is 36.6 Å². The summed E-state index contributed by atoms with van der Waals surface area (Å²) >= 11 is 0. The Morgan fingerprint density at radius 2 is 1.87 bits per heavy atom. The lowest BCUT2D eigenvalue weighted by Crippen LogP contribution is -2.57. The number of likely N-dealkylation sites (tertiary alicyclic amines) is 1. The maximum absolute atomic E-state index is 14.2. The predicted octanol–water partition coefficient (Wildman–Crippen LogP) is 4.97. The molecular formula is C25H25FN4. The van der Waals surface area contributed by atoms with Gasteiger partial charge in [0.25, 0.3) is 0 Å². The van der Waals surface area contributed by atoms with Crippen molar-refractivity contribution in [2.75, 3.05) is 18.8 Å². The Labute approximate surface area is 176 Å². The van der Waals surface area contributed by atoms with Crippen LogP contribution in [0.3, 0.4) is 0 Å². The summed E-state index contributed by atoms with van der Waals surface area (Å²) in [6.07, 6.45) is 3.35. The standard InChI is InChI=1S/C25H25FN4/c1-16-6-4-5-7-23(16)30-24(10-17(2)28-30)19-12-25(13-19)14-29(15-25)18(3)21-11-20(27)8-9-22(21)26/h4-12H,3,13-15,27H2,1-2H3. The Morgan fingerprint density at radius 1 is 1.13 bits per heavy atom. The Bertz CT molecular complexity index is 1200. The van der Waals surface area contributed by atoms with Crippen LogP contribution in [-0.4, -0.2) is 27.8 Å². The molecule has 1 aromatic heterocycles. The fraction of sp³-hybridized carbons (Fsp3) is 0.240. The first-order valence-electron chi connectivity index (χ1n) is 10.2. The van der Waals surface area contributed by atoms with Crippen LogP contribution in [0.1, 0.15) is 28.9 Å². The number of halogens is 1. The van der Waals surface area contributed by atoms with Crippen molar-refractivity contribution in [3.05, 3.63) is 89.5 Å². The summed E-state index contributed by atoms with van der Waals surface area (Å²) in [5.41, 5.74) is 13.5. The molecule has 2 heterocycles. The van der Waals surface area contributed by atoms with Crippen molar-refractivity contribution in [2.45, 2.75) is 20.3 Å². The van der Waals surface area contributed by atoms with Gasteiger partial charge in [-0.05, 0) is 61.7 Å². The zero-order valence-corrected chi connectivity index (χ0v) is 17.3. The van der Waals surface area contributed by atoms with E-state index in [1.54, 1.807) is 12.1 Å². The van der Waals surface area contributed by atoms with Gasteiger partial charge in [0, 0.05) is 35.5 Å². The lowest BCUT2D eigenvalue weighted by Gasteiger charge is -2.55. The molecule has 0 saturated carbocycles. The molecule has 5 heteroatoms. The summed E-state index contributed by atoms with van der Waals surface area (Å²) in [4.78, 5) is 2.13. The average Bonchev–Trinajstić information content (AvgIpc) is 3.03. The van der Waals surface area contributed by atoms with Gasteiger partial charge in [0.05, 0.1) is 17.1 Å². The smallest absolute Gasteiger partial charge is 0.132 e. The first-order valence-corrected chi connectivity index (χ1v) is 10.2. The Kier molecular flexibility index (Phi) is 4.10. The molecule has 2 aromatic carbocycles. The van der Waals surface area contributed by atoms with E-state index in [0.29, 0.717) is 16.9 Å². The van der Waals surface area contributed by atoms with Gasteiger partial charge < -0.3 is 10.6 Å². The van der Waals surface area contributed by atoms with E-state index in [-0.39, 0.29) is 11.2 Å². The minimum absolute atomic E-state index is 0.143. The second-order valence-corrected chi connectivity index (χ2v) is 8.62.